The number of nitrogens with one attached hydrogen (secondary N) is 1. The van der Waals surface area contributed by atoms with Crippen molar-refractivity contribution in [1.29, 1.82) is 0 Å². The first-order chi connectivity index (χ1) is 5.77. The Bertz CT molecular complexity index is 347. The first-order valence-corrected chi connectivity index (χ1v) is 4.03. The highest BCUT2D eigenvalue weighted by atomic mass is 35.5. The lowest BCUT2D eigenvalue weighted by Gasteiger charge is -2.12. The zero-order valence-electron chi connectivity index (χ0n) is 6.27. The summed E-state index contributed by atoms with van der Waals surface area (Å²) in [6.45, 7) is 0.714. The molecule has 12 heavy (non-hydrogen) atoms. The van der Waals surface area contributed by atoms with E-state index in [0.29, 0.717) is 6.54 Å². The third-order valence-electron chi connectivity index (χ3n) is 1.86. The van der Waals surface area contributed by atoms with Gasteiger partial charge in [0.1, 0.15) is 5.82 Å². The largest absolute Gasteiger partial charge is 0.387 e. The lowest BCUT2D eigenvalue weighted by molar-refractivity contribution is 0.626. The standard InChI is InChI=1S/C9H7ClFN/c10-8-3-7-5-12-2-1-6(7)4-9(8)11/h1-4,12H,5H2. The summed E-state index contributed by atoms with van der Waals surface area (Å²) < 4.78 is 12.9. The molecule has 0 spiro atoms. The van der Waals surface area contributed by atoms with Gasteiger partial charge in [-0.05, 0) is 35.5 Å². The second-order valence-electron chi connectivity index (χ2n) is 2.68. The number of fused-ring (bicyclic) bond motifs is 1. The van der Waals surface area contributed by atoms with Crippen molar-refractivity contribution in [2.24, 2.45) is 0 Å². The lowest BCUT2D eigenvalue weighted by atomic mass is 10.1. The molecule has 0 fully saturated rings. The van der Waals surface area contributed by atoms with Crippen molar-refractivity contribution in [2.45, 2.75) is 6.54 Å². The molecule has 0 saturated heterocycles. The summed E-state index contributed by atoms with van der Waals surface area (Å²) in [5, 5.41) is 3.21. The third-order valence-corrected chi connectivity index (χ3v) is 2.15. The number of benzene rings is 1. The van der Waals surface area contributed by atoms with E-state index in [1.807, 2.05) is 6.08 Å². The summed E-state index contributed by atoms with van der Waals surface area (Å²) in [7, 11) is 0. The van der Waals surface area contributed by atoms with Gasteiger partial charge in [-0.2, -0.15) is 0 Å². The molecule has 1 aromatic carbocycles. The number of hydrogen-bond acceptors (Lipinski definition) is 1. The molecule has 62 valence electrons. The molecular formula is C9H7ClFN. The molecule has 3 heteroatoms. The molecule has 0 unspecified atom stereocenters. The van der Waals surface area contributed by atoms with Crippen molar-refractivity contribution in [3.05, 3.63) is 40.3 Å². The van der Waals surface area contributed by atoms with Gasteiger partial charge in [0.2, 0.25) is 0 Å². The summed E-state index contributed by atoms with van der Waals surface area (Å²) in [5.74, 6) is -0.359. The van der Waals surface area contributed by atoms with E-state index in [0.717, 1.165) is 11.1 Å². The second-order valence-corrected chi connectivity index (χ2v) is 3.09. The van der Waals surface area contributed by atoms with Gasteiger partial charge in [-0.25, -0.2) is 4.39 Å². The smallest absolute Gasteiger partial charge is 0.142 e. The average Bonchev–Trinajstić information content (AvgIpc) is 2.07. The van der Waals surface area contributed by atoms with Crippen LogP contribution >= 0.6 is 11.6 Å². The van der Waals surface area contributed by atoms with Crippen LogP contribution in [0.5, 0.6) is 0 Å². The highest BCUT2D eigenvalue weighted by molar-refractivity contribution is 6.30. The van der Waals surface area contributed by atoms with Crippen LogP contribution in [-0.2, 0) is 6.54 Å². The van der Waals surface area contributed by atoms with Gasteiger partial charge in [-0.15, -0.1) is 0 Å². The summed E-state index contributed by atoms with van der Waals surface area (Å²) in [4.78, 5) is 0. The van der Waals surface area contributed by atoms with Crippen molar-refractivity contribution < 1.29 is 4.39 Å². The van der Waals surface area contributed by atoms with Crippen molar-refractivity contribution in [3.63, 3.8) is 0 Å². The van der Waals surface area contributed by atoms with Crippen molar-refractivity contribution in [3.8, 4) is 0 Å². The molecule has 0 aliphatic carbocycles. The number of hydrogen-bond donors (Lipinski definition) is 1. The van der Waals surface area contributed by atoms with E-state index in [1.165, 1.54) is 6.07 Å². The summed E-state index contributed by atoms with van der Waals surface area (Å²) in [6, 6.07) is 3.11. The van der Waals surface area contributed by atoms with E-state index in [1.54, 1.807) is 12.3 Å². The van der Waals surface area contributed by atoms with Crippen molar-refractivity contribution in [2.75, 3.05) is 0 Å². The van der Waals surface area contributed by atoms with E-state index >= 15 is 0 Å². The Morgan fingerprint density at radius 2 is 2.25 bits per heavy atom. The van der Waals surface area contributed by atoms with Gasteiger partial charge in [0.05, 0.1) is 5.02 Å². The van der Waals surface area contributed by atoms with Crippen LogP contribution in [0.4, 0.5) is 4.39 Å². The van der Waals surface area contributed by atoms with E-state index in [9.17, 15) is 4.39 Å². The van der Waals surface area contributed by atoms with Crippen LogP contribution in [0.3, 0.4) is 0 Å². The van der Waals surface area contributed by atoms with E-state index in [2.05, 4.69) is 5.32 Å². The minimum atomic E-state index is -0.359. The first kappa shape index (κ1) is 7.62. The van der Waals surface area contributed by atoms with Crippen LogP contribution < -0.4 is 5.32 Å². The fourth-order valence-corrected chi connectivity index (χ4v) is 1.42. The van der Waals surface area contributed by atoms with Crippen molar-refractivity contribution >= 4 is 17.7 Å². The molecule has 1 aliphatic heterocycles. The van der Waals surface area contributed by atoms with Gasteiger partial charge in [-0.3, -0.25) is 0 Å². The number of rotatable bonds is 0. The molecule has 1 nitrogen and oxygen atoms in total. The summed E-state index contributed by atoms with van der Waals surface area (Å²) in [6.07, 6.45) is 3.63. The molecule has 1 aromatic rings. The van der Waals surface area contributed by atoms with Gasteiger partial charge in [0, 0.05) is 6.54 Å². The minimum absolute atomic E-state index is 0.186. The van der Waals surface area contributed by atoms with Crippen LogP contribution in [0.1, 0.15) is 11.1 Å². The maximum atomic E-state index is 12.9. The maximum absolute atomic E-state index is 12.9. The Hall–Kier alpha value is -1.02. The summed E-state index contributed by atoms with van der Waals surface area (Å²) in [5.41, 5.74) is 1.93. The predicted molar refractivity (Wildman–Crippen MR) is 47.3 cm³/mol. The highest BCUT2D eigenvalue weighted by Crippen LogP contribution is 2.22. The van der Waals surface area contributed by atoms with Crippen LogP contribution in [-0.4, -0.2) is 0 Å². The fraction of sp³-hybridized carbons (Fsp3) is 0.111. The van der Waals surface area contributed by atoms with Crippen molar-refractivity contribution in [1.82, 2.24) is 5.32 Å². The van der Waals surface area contributed by atoms with Gasteiger partial charge in [-0.1, -0.05) is 11.6 Å². The predicted octanol–water partition coefficient (Wildman–Crippen LogP) is 2.55. The average molecular weight is 184 g/mol. The quantitative estimate of drug-likeness (QED) is 0.652. The molecule has 2 rings (SSSR count). The van der Waals surface area contributed by atoms with Gasteiger partial charge < -0.3 is 5.32 Å². The molecule has 0 saturated carbocycles. The Morgan fingerprint density at radius 1 is 1.42 bits per heavy atom. The SMILES string of the molecule is Fc1cc2c(cc1Cl)CNC=C2. The molecule has 0 radical (unpaired) electrons. The van der Waals surface area contributed by atoms with Gasteiger partial charge in [0.25, 0.3) is 0 Å². The van der Waals surface area contributed by atoms with Crippen LogP contribution in [0.15, 0.2) is 18.3 Å². The Morgan fingerprint density at radius 3 is 3.08 bits per heavy atom. The third kappa shape index (κ3) is 1.18. The van der Waals surface area contributed by atoms with E-state index < -0.39 is 0 Å². The van der Waals surface area contributed by atoms with E-state index in [4.69, 9.17) is 11.6 Å². The van der Waals surface area contributed by atoms with Crippen LogP contribution in [0, 0.1) is 5.82 Å². The van der Waals surface area contributed by atoms with Gasteiger partial charge >= 0.3 is 0 Å². The monoisotopic (exact) mass is 183 g/mol. The molecule has 0 bridgehead atoms. The topological polar surface area (TPSA) is 12.0 Å². The molecular weight excluding hydrogens is 177 g/mol. The first-order valence-electron chi connectivity index (χ1n) is 3.65. The zero-order chi connectivity index (χ0) is 8.55. The van der Waals surface area contributed by atoms with E-state index in [-0.39, 0.29) is 10.8 Å². The molecule has 1 aliphatic rings. The molecule has 0 atom stereocenters. The Kier molecular flexibility index (Phi) is 1.77. The molecule has 1 N–H and O–H groups in total. The highest BCUT2D eigenvalue weighted by Gasteiger charge is 2.08. The lowest BCUT2D eigenvalue weighted by Crippen LogP contribution is -2.10. The Labute approximate surface area is 74.8 Å². The maximum Gasteiger partial charge on any atom is 0.142 e. The Balaban J connectivity index is 2.58. The fourth-order valence-electron chi connectivity index (χ4n) is 1.23. The summed E-state index contributed by atoms with van der Waals surface area (Å²) >= 11 is 5.62. The molecule has 1 heterocycles. The van der Waals surface area contributed by atoms with Crippen LogP contribution in [0.2, 0.25) is 5.02 Å². The molecule has 0 amide bonds. The zero-order valence-corrected chi connectivity index (χ0v) is 7.03. The number of halogens is 2. The minimum Gasteiger partial charge on any atom is -0.387 e. The van der Waals surface area contributed by atoms with Gasteiger partial charge in [0.15, 0.2) is 0 Å². The van der Waals surface area contributed by atoms with Crippen LogP contribution in [0.25, 0.3) is 6.08 Å². The second kappa shape index (κ2) is 2.79. The molecule has 0 aromatic heterocycles. The normalized spacial score (nSPS) is 13.8.